The van der Waals surface area contributed by atoms with Gasteiger partial charge in [0.15, 0.2) is 0 Å². The lowest BCUT2D eigenvalue weighted by Crippen LogP contribution is -1.92. The second-order valence-electron chi connectivity index (χ2n) is 4.09. The maximum absolute atomic E-state index is 9.43. The lowest BCUT2D eigenvalue weighted by Gasteiger charge is -2.06. The van der Waals surface area contributed by atoms with Crippen molar-refractivity contribution in [2.24, 2.45) is 7.05 Å². The van der Waals surface area contributed by atoms with Crippen LogP contribution in [0.2, 0.25) is 0 Å². The zero-order valence-corrected chi connectivity index (χ0v) is 11.0. The molecule has 0 aliphatic heterocycles. The first kappa shape index (κ1) is 12.2. The third-order valence-electron chi connectivity index (χ3n) is 2.54. The van der Waals surface area contributed by atoms with Gasteiger partial charge in [-0.15, -0.1) is 0 Å². The zero-order valence-electron chi connectivity index (χ0n) is 10.2. The van der Waals surface area contributed by atoms with Crippen molar-refractivity contribution in [1.82, 2.24) is 9.78 Å². The van der Waals surface area contributed by atoms with Crippen molar-refractivity contribution in [1.29, 1.82) is 0 Å². The smallest absolute Gasteiger partial charge is 0.0986 e. The van der Waals surface area contributed by atoms with E-state index in [2.05, 4.69) is 11.2 Å². The van der Waals surface area contributed by atoms with Crippen molar-refractivity contribution in [3.8, 4) is 0 Å². The number of aliphatic hydroxyl groups is 1. The van der Waals surface area contributed by atoms with Gasteiger partial charge >= 0.3 is 0 Å². The van der Waals surface area contributed by atoms with Crippen molar-refractivity contribution in [2.75, 3.05) is 0 Å². The van der Waals surface area contributed by atoms with E-state index in [1.165, 1.54) is 0 Å². The molecular weight excluding hydrogens is 232 g/mol. The Balaban J connectivity index is 2.16. The van der Waals surface area contributed by atoms with Crippen LogP contribution in [0.5, 0.6) is 0 Å². The minimum atomic E-state index is -0.409. The summed E-state index contributed by atoms with van der Waals surface area (Å²) in [5.74, 6) is 0. The summed E-state index contributed by atoms with van der Waals surface area (Å²) in [5.41, 5.74) is 1.96. The molecule has 2 aromatic rings. The topological polar surface area (TPSA) is 38.0 Å². The number of hydrogen-bond acceptors (Lipinski definition) is 3. The summed E-state index contributed by atoms with van der Waals surface area (Å²) in [5, 5.41) is 14.9. The zero-order chi connectivity index (χ0) is 12.4. The Morgan fingerprint density at radius 1 is 1.29 bits per heavy atom. The van der Waals surface area contributed by atoms with Gasteiger partial charge in [0.2, 0.25) is 0 Å². The molecule has 4 heteroatoms. The second-order valence-corrected chi connectivity index (χ2v) is 5.19. The minimum Gasteiger partial charge on any atom is -0.389 e. The van der Waals surface area contributed by atoms with Gasteiger partial charge < -0.3 is 5.11 Å². The number of nitrogens with zero attached hydrogens (tertiary/aromatic N) is 2. The van der Waals surface area contributed by atoms with Crippen molar-refractivity contribution < 1.29 is 5.11 Å². The van der Waals surface area contributed by atoms with E-state index in [9.17, 15) is 5.11 Å². The molecule has 0 saturated carbocycles. The third kappa shape index (κ3) is 2.90. The first-order valence-corrected chi connectivity index (χ1v) is 6.34. The standard InChI is InChI=1S/C13H16N2OS/c1-9-8-13(15(3)14-9)17-12-6-4-11(5-7-12)10(2)16/h4-8,10,16H,1-3H3/t10-/m1/s1. The fourth-order valence-electron chi connectivity index (χ4n) is 1.62. The van der Waals surface area contributed by atoms with E-state index < -0.39 is 6.10 Å². The lowest BCUT2D eigenvalue weighted by molar-refractivity contribution is 0.199. The quantitative estimate of drug-likeness (QED) is 0.907. The highest BCUT2D eigenvalue weighted by molar-refractivity contribution is 7.99. The Kier molecular flexibility index (Phi) is 3.54. The van der Waals surface area contributed by atoms with Gasteiger partial charge in [-0.3, -0.25) is 4.68 Å². The third-order valence-corrected chi connectivity index (χ3v) is 3.64. The second kappa shape index (κ2) is 4.94. The largest absolute Gasteiger partial charge is 0.389 e. The van der Waals surface area contributed by atoms with E-state index in [4.69, 9.17) is 0 Å². The highest BCUT2D eigenvalue weighted by Crippen LogP contribution is 2.28. The minimum absolute atomic E-state index is 0.409. The van der Waals surface area contributed by atoms with Crippen LogP contribution in [0.1, 0.15) is 24.3 Å². The lowest BCUT2D eigenvalue weighted by atomic mass is 10.1. The van der Waals surface area contributed by atoms with E-state index in [1.807, 2.05) is 42.9 Å². The number of aromatic nitrogens is 2. The SMILES string of the molecule is Cc1cc(Sc2ccc([C@@H](C)O)cc2)n(C)n1. The molecule has 17 heavy (non-hydrogen) atoms. The maximum atomic E-state index is 9.43. The van der Waals surface area contributed by atoms with Crippen LogP contribution in [-0.4, -0.2) is 14.9 Å². The van der Waals surface area contributed by atoms with Crippen LogP contribution in [0.25, 0.3) is 0 Å². The van der Waals surface area contributed by atoms with E-state index in [-0.39, 0.29) is 0 Å². The normalized spacial score (nSPS) is 12.7. The molecule has 2 rings (SSSR count). The molecule has 3 nitrogen and oxygen atoms in total. The Morgan fingerprint density at radius 2 is 1.94 bits per heavy atom. The van der Waals surface area contributed by atoms with Gasteiger partial charge in [-0.25, -0.2) is 0 Å². The van der Waals surface area contributed by atoms with E-state index in [0.717, 1.165) is 21.2 Å². The van der Waals surface area contributed by atoms with Crippen LogP contribution in [0.3, 0.4) is 0 Å². The molecule has 1 aromatic heterocycles. The van der Waals surface area contributed by atoms with Crippen LogP contribution in [0.15, 0.2) is 40.3 Å². The molecule has 1 heterocycles. The predicted octanol–water partition coefficient (Wildman–Crippen LogP) is 2.93. The molecule has 0 aliphatic carbocycles. The average molecular weight is 248 g/mol. The number of aliphatic hydroxyl groups excluding tert-OH is 1. The summed E-state index contributed by atoms with van der Waals surface area (Å²) in [7, 11) is 1.94. The number of aryl methyl sites for hydroxylation is 2. The van der Waals surface area contributed by atoms with E-state index in [1.54, 1.807) is 18.7 Å². The maximum Gasteiger partial charge on any atom is 0.0986 e. The number of hydrogen-bond donors (Lipinski definition) is 1. The predicted molar refractivity (Wildman–Crippen MR) is 69.1 cm³/mol. The van der Waals surface area contributed by atoms with Gasteiger partial charge in [-0.05, 0) is 37.6 Å². The molecule has 0 bridgehead atoms. The average Bonchev–Trinajstić information content (AvgIpc) is 2.58. The molecule has 1 N–H and O–H groups in total. The van der Waals surface area contributed by atoms with Crippen molar-refractivity contribution in [2.45, 2.75) is 29.9 Å². The molecule has 0 radical (unpaired) electrons. The Hall–Kier alpha value is -1.26. The van der Waals surface area contributed by atoms with Crippen molar-refractivity contribution in [3.05, 3.63) is 41.6 Å². The molecule has 0 amide bonds. The summed E-state index contributed by atoms with van der Waals surface area (Å²) in [6, 6.07) is 10.0. The van der Waals surface area contributed by atoms with Crippen LogP contribution >= 0.6 is 11.8 Å². The molecule has 0 fully saturated rings. The van der Waals surface area contributed by atoms with E-state index in [0.29, 0.717) is 0 Å². The van der Waals surface area contributed by atoms with Gasteiger partial charge in [0.1, 0.15) is 0 Å². The molecular formula is C13H16N2OS. The fraction of sp³-hybridized carbons (Fsp3) is 0.308. The van der Waals surface area contributed by atoms with Gasteiger partial charge in [0.05, 0.1) is 16.8 Å². The first-order chi connectivity index (χ1) is 8.06. The molecule has 0 saturated heterocycles. The van der Waals surface area contributed by atoms with Crippen LogP contribution in [-0.2, 0) is 7.05 Å². The summed E-state index contributed by atoms with van der Waals surface area (Å²) in [4.78, 5) is 1.15. The summed E-state index contributed by atoms with van der Waals surface area (Å²) >= 11 is 1.67. The van der Waals surface area contributed by atoms with Crippen molar-refractivity contribution >= 4 is 11.8 Å². The molecule has 90 valence electrons. The van der Waals surface area contributed by atoms with Crippen LogP contribution < -0.4 is 0 Å². The van der Waals surface area contributed by atoms with Gasteiger partial charge in [0, 0.05) is 11.9 Å². The molecule has 0 spiro atoms. The number of rotatable bonds is 3. The molecule has 1 aromatic carbocycles. The van der Waals surface area contributed by atoms with Gasteiger partial charge in [-0.2, -0.15) is 5.10 Å². The van der Waals surface area contributed by atoms with Crippen LogP contribution in [0.4, 0.5) is 0 Å². The summed E-state index contributed by atoms with van der Waals surface area (Å²) in [6.45, 7) is 3.76. The Bertz CT molecular complexity index is 503. The monoisotopic (exact) mass is 248 g/mol. The van der Waals surface area contributed by atoms with E-state index >= 15 is 0 Å². The summed E-state index contributed by atoms with van der Waals surface area (Å²) in [6.07, 6.45) is -0.409. The summed E-state index contributed by atoms with van der Waals surface area (Å²) < 4.78 is 1.88. The highest BCUT2D eigenvalue weighted by atomic mass is 32.2. The molecule has 0 unspecified atom stereocenters. The van der Waals surface area contributed by atoms with Gasteiger partial charge in [0.25, 0.3) is 0 Å². The first-order valence-electron chi connectivity index (χ1n) is 5.53. The Labute approximate surface area is 105 Å². The van der Waals surface area contributed by atoms with Gasteiger partial charge in [-0.1, -0.05) is 23.9 Å². The highest BCUT2D eigenvalue weighted by Gasteiger charge is 2.05. The Morgan fingerprint density at radius 3 is 2.41 bits per heavy atom. The molecule has 1 atom stereocenters. The molecule has 0 aliphatic rings. The number of benzene rings is 1. The van der Waals surface area contributed by atoms with Crippen molar-refractivity contribution in [3.63, 3.8) is 0 Å². The fourth-order valence-corrected chi connectivity index (χ4v) is 2.53. The van der Waals surface area contributed by atoms with Crippen LogP contribution in [0, 0.1) is 6.92 Å².